The normalized spacial score (nSPS) is 12.3. The number of hydrogen-bond acceptors (Lipinski definition) is 6. The topological polar surface area (TPSA) is 83.5 Å². The zero-order valence-electron chi connectivity index (χ0n) is 26.4. The first kappa shape index (κ1) is 30.4. The Morgan fingerprint density at radius 3 is 2.40 bits per heavy atom. The third-order valence-corrected chi connectivity index (χ3v) is 8.26. The molecular weight excluding hydrogens is 530 g/mol. The van der Waals surface area contributed by atoms with Crippen LogP contribution in [-0.2, 0) is 13.0 Å². The molecule has 0 amide bonds. The fraction of sp³-hybridized carbons (Fsp3) is 0.389. The van der Waals surface area contributed by atoms with E-state index in [1.807, 2.05) is 10.7 Å². The quantitative estimate of drug-likeness (QED) is 0.118. The Bertz CT molecular complexity index is 1650. The minimum absolute atomic E-state index is 0.340. The monoisotopic (exact) mass is 577 g/mol. The van der Waals surface area contributed by atoms with E-state index in [9.17, 15) is 0 Å². The predicted molar refractivity (Wildman–Crippen MR) is 183 cm³/mol. The summed E-state index contributed by atoms with van der Waals surface area (Å²) in [5, 5.41) is 14.5. The Labute approximate surface area is 256 Å². The van der Waals surface area contributed by atoms with Crippen molar-refractivity contribution in [3.63, 3.8) is 0 Å². The lowest BCUT2D eigenvalue weighted by Crippen LogP contribution is -2.10. The average molecular weight is 578 g/mol. The second-order valence-electron chi connectivity index (χ2n) is 12.2. The van der Waals surface area contributed by atoms with E-state index in [2.05, 4.69) is 117 Å². The Balaban J connectivity index is 1.32. The van der Waals surface area contributed by atoms with E-state index in [4.69, 9.17) is 15.8 Å². The molecule has 5 rings (SSSR count). The van der Waals surface area contributed by atoms with Crippen LogP contribution in [-0.4, -0.2) is 41.8 Å². The largest absolute Gasteiger partial charge is 0.377 e. The van der Waals surface area contributed by atoms with Crippen molar-refractivity contribution in [3.05, 3.63) is 95.2 Å². The van der Waals surface area contributed by atoms with Crippen LogP contribution >= 0.6 is 0 Å². The van der Waals surface area contributed by atoms with Gasteiger partial charge in [0.2, 0.25) is 0 Å². The van der Waals surface area contributed by atoms with Gasteiger partial charge in [-0.25, -0.2) is 4.98 Å². The number of nitrogens with one attached hydrogen (secondary N) is 2. The fourth-order valence-electron chi connectivity index (χ4n) is 5.93. The molecule has 3 aromatic carbocycles. The summed E-state index contributed by atoms with van der Waals surface area (Å²) in [6.07, 6.45) is 6.17. The molecule has 43 heavy (non-hydrogen) atoms. The van der Waals surface area contributed by atoms with Gasteiger partial charge in [-0.15, -0.1) is 0 Å². The van der Waals surface area contributed by atoms with Gasteiger partial charge in [-0.2, -0.15) is 9.61 Å². The van der Waals surface area contributed by atoms with Crippen LogP contribution in [0.5, 0.6) is 0 Å². The number of aromatic nitrogens is 3. The molecule has 0 saturated carbocycles. The van der Waals surface area contributed by atoms with Gasteiger partial charge in [0.05, 0.1) is 6.20 Å². The maximum absolute atomic E-state index is 5.66. The van der Waals surface area contributed by atoms with Gasteiger partial charge < -0.3 is 21.3 Å². The Morgan fingerprint density at radius 1 is 0.837 bits per heavy atom. The number of anilines is 3. The van der Waals surface area contributed by atoms with Crippen LogP contribution in [0.25, 0.3) is 16.4 Å². The number of hydrogen-bond donors (Lipinski definition) is 3. The number of nitrogens with zero attached hydrogens (tertiary/aromatic N) is 4. The minimum Gasteiger partial charge on any atom is -0.377 e. The first-order valence-electron chi connectivity index (χ1n) is 15.7. The van der Waals surface area contributed by atoms with Crippen molar-refractivity contribution in [2.45, 2.75) is 64.8 Å². The van der Waals surface area contributed by atoms with E-state index in [1.54, 1.807) is 0 Å². The highest BCUT2D eigenvalue weighted by atomic mass is 15.3. The maximum atomic E-state index is 5.66. The number of nitrogens with two attached hydrogens (primary N) is 1. The zero-order chi connectivity index (χ0) is 30.3. The smallest absolute Gasteiger partial charge is 0.163 e. The van der Waals surface area contributed by atoms with Crippen LogP contribution in [0.15, 0.2) is 72.9 Å². The van der Waals surface area contributed by atoms with E-state index in [-0.39, 0.29) is 0 Å². The minimum atomic E-state index is 0.340. The van der Waals surface area contributed by atoms with Crippen LogP contribution in [0.3, 0.4) is 0 Å². The van der Waals surface area contributed by atoms with Crippen LogP contribution in [0, 0.1) is 0 Å². The third-order valence-electron chi connectivity index (χ3n) is 8.26. The Morgan fingerprint density at radius 2 is 1.60 bits per heavy atom. The molecule has 0 aliphatic heterocycles. The maximum Gasteiger partial charge on any atom is 0.163 e. The number of fused-ring (bicyclic) bond motifs is 2. The highest BCUT2D eigenvalue weighted by Gasteiger charge is 2.15. The lowest BCUT2D eigenvalue weighted by Gasteiger charge is -2.20. The van der Waals surface area contributed by atoms with Gasteiger partial charge in [0.1, 0.15) is 11.6 Å². The van der Waals surface area contributed by atoms with Crippen LogP contribution in [0.2, 0.25) is 0 Å². The summed E-state index contributed by atoms with van der Waals surface area (Å²) in [6, 6.07) is 24.3. The van der Waals surface area contributed by atoms with Crippen molar-refractivity contribution >= 4 is 33.7 Å². The molecular formula is C36H47N7. The van der Waals surface area contributed by atoms with Crippen LogP contribution in [0.1, 0.15) is 74.1 Å². The van der Waals surface area contributed by atoms with Crippen molar-refractivity contribution in [2.24, 2.45) is 5.73 Å². The molecule has 5 aromatic rings. The van der Waals surface area contributed by atoms with E-state index >= 15 is 0 Å². The summed E-state index contributed by atoms with van der Waals surface area (Å²) in [5.74, 6) is 2.54. The summed E-state index contributed by atoms with van der Waals surface area (Å²) in [7, 11) is 4.22. The molecule has 0 aliphatic rings. The average Bonchev–Trinajstić information content (AvgIpc) is 3.44. The number of unbranched alkanes of at least 4 members (excludes halogenated alkanes) is 2. The van der Waals surface area contributed by atoms with Gasteiger partial charge in [0, 0.05) is 49.9 Å². The van der Waals surface area contributed by atoms with Crippen LogP contribution < -0.4 is 21.3 Å². The van der Waals surface area contributed by atoms with Crippen molar-refractivity contribution < 1.29 is 0 Å². The molecule has 1 unspecified atom stereocenters. The summed E-state index contributed by atoms with van der Waals surface area (Å²) >= 11 is 0. The van der Waals surface area contributed by atoms with Crippen molar-refractivity contribution in [1.29, 1.82) is 0 Å². The number of rotatable bonds is 14. The summed E-state index contributed by atoms with van der Waals surface area (Å²) < 4.78 is 1.93. The van der Waals surface area contributed by atoms with Gasteiger partial charge in [0.25, 0.3) is 0 Å². The van der Waals surface area contributed by atoms with Crippen molar-refractivity contribution in [2.75, 3.05) is 42.7 Å². The molecule has 226 valence electrons. The van der Waals surface area contributed by atoms with Crippen LogP contribution in [0.4, 0.5) is 17.3 Å². The van der Waals surface area contributed by atoms with Crippen molar-refractivity contribution in [1.82, 2.24) is 14.6 Å². The standard InChI is InChI=1S/C36H47N7/c1-25(2)32-24-40-43-35(22-34(41-36(32)43)38-19-8-6-7-18-37)39-23-28-13-9-12-27(21-28)20-26(3)29-14-10-16-31-30(29)15-11-17-33(31)42(4)5/h9-17,21-22,24-26,39H,6-8,18-20,23,37H2,1-5H3,(H,38,41). The van der Waals surface area contributed by atoms with Gasteiger partial charge in [0.15, 0.2) is 5.65 Å². The fourth-order valence-corrected chi connectivity index (χ4v) is 5.93. The molecule has 2 heterocycles. The molecule has 7 nitrogen and oxygen atoms in total. The summed E-state index contributed by atoms with van der Waals surface area (Å²) in [5.41, 5.74) is 13.0. The number of benzene rings is 3. The van der Waals surface area contributed by atoms with Gasteiger partial charge in [-0.1, -0.05) is 81.8 Å². The summed E-state index contributed by atoms with van der Waals surface area (Å²) in [4.78, 5) is 7.12. The highest BCUT2D eigenvalue weighted by Crippen LogP contribution is 2.33. The van der Waals surface area contributed by atoms with Gasteiger partial charge >= 0.3 is 0 Å². The predicted octanol–water partition coefficient (Wildman–Crippen LogP) is 7.57. The molecule has 0 fully saturated rings. The second kappa shape index (κ2) is 13.9. The lowest BCUT2D eigenvalue weighted by molar-refractivity contribution is 0.706. The first-order valence-corrected chi connectivity index (χ1v) is 15.7. The molecule has 0 radical (unpaired) electrons. The highest BCUT2D eigenvalue weighted by molar-refractivity contribution is 5.96. The molecule has 1 atom stereocenters. The molecule has 2 aromatic heterocycles. The Hall–Kier alpha value is -4.10. The van der Waals surface area contributed by atoms with E-state index in [0.29, 0.717) is 18.4 Å². The van der Waals surface area contributed by atoms with Gasteiger partial charge in [-0.3, -0.25) is 0 Å². The molecule has 0 aliphatic carbocycles. The molecule has 0 saturated heterocycles. The molecule has 0 bridgehead atoms. The van der Waals surface area contributed by atoms with E-state index in [0.717, 1.165) is 61.6 Å². The second-order valence-corrected chi connectivity index (χ2v) is 12.2. The lowest BCUT2D eigenvalue weighted by atomic mass is 9.89. The zero-order valence-corrected chi connectivity index (χ0v) is 26.4. The first-order chi connectivity index (χ1) is 20.9. The summed E-state index contributed by atoms with van der Waals surface area (Å²) in [6.45, 7) is 9.03. The third kappa shape index (κ3) is 7.11. The Kier molecular flexibility index (Phi) is 9.82. The molecule has 0 spiro atoms. The SMILES string of the molecule is CC(C)c1cnn2c(NCc3cccc(CC(C)c4cccc5c(N(C)C)cccc45)c3)cc(NCCCCCN)nc12. The van der Waals surface area contributed by atoms with Gasteiger partial charge in [-0.05, 0) is 65.8 Å². The van der Waals surface area contributed by atoms with E-state index in [1.165, 1.54) is 33.2 Å². The molecule has 4 N–H and O–H groups in total. The van der Waals surface area contributed by atoms with Crippen molar-refractivity contribution in [3.8, 4) is 0 Å². The molecule has 7 heteroatoms. The van der Waals surface area contributed by atoms with E-state index < -0.39 is 0 Å².